The fraction of sp³-hybridized carbons (Fsp3) is 0. The number of carbonyl (C=O) groups is 1. The fourth-order valence-corrected chi connectivity index (χ4v) is 2.06. The van der Waals surface area contributed by atoms with Crippen molar-refractivity contribution >= 4 is 11.6 Å². The topological polar surface area (TPSA) is 74.8 Å². The van der Waals surface area contributed by atoms with Gasteiger partial charge in [0.1, 0.15) is 17.2 Å². The summed E-state index contributed by atoms with van der Waals surface area (Å²) >= 11 is 0. The molecule has 2 aromatic carbocycles. The van der Waals surface area contributed by atoms with Gasteiger partial charge in [0, 0.05) is 17.4 Å². The van der Waals surface area contributed by atoms with Crippen LogP contribution >= 0.6 is 0 Å². The van der Waals surface area contributed by atoms with Crippen molar-refractivity contribution in [2.45, 2.75) is 0 Å². The lowest BCUT2D eigenvalue weighted by atomic mass is 10.2. The van der Waals surface area contributed by atoms with Gasteiger partial charge in [-0.05, 0) is 18.2 Å². The van der Waals surface area contributed by atoms with Crippen LogP contribution in [0.2, 0.25) is 0 Å². The number of benzene rings is 2. The molecule has 0 bridgehead atoms. The van der Waals surface area contributed by atoms with E-state index in [2.05, 4.69) is 15.3 Å². The summed E-state index contributed by atoms with van der Waals surface area (Å²) in [5, 5.41) is 2.46. The summed E-state index contributed by atoms with van der Waals surface area (Å²) in [5.41, 5.74) is 0.296. The number of amides is 1. The summed E-state index contributed by atoms with van der Waals surface area (Å²) in [4.78, 5) is 30.9. The third kappa shape index (κ3) is 3.32. The molecular formula is C17H12FN3O2. The Morgan fingerprint density at radius 1 is 1.09 bits per heavy atom. The van der Waals surface area contributed by atoms with Crippen molar-refractivity contribution < 1.29 is 9.18 Å². The Hall–Kier alpha value is -3.28. The van der Waals surface area contributed by atoms with E-state index in [0.717, 1.165) is 11.6 Å². The van der Waals surface area contributed by atoms with Crippen molar-refractivity contribution in [3.63, 3.8) is 0 Å². The Labute approximate surface area is 130 Å². The van der Waals surface area contributed by atoms with E-state index in [4.69, 9.17) is 0 Å². The average Bonchev–Trinajstić information content (AvgIpc) is 2.55. The molecule has 5 nitrogen and oxygen atoms in total. The second-order valence-electron chi connectivity index (χ2n) is 4.81. The maximum absolute atomic E-state index is 13.1. The number of hydrogen-bond acceptors (Lipinski definition) is 3. The van der Waals surface area contributed by atoms with Crippen molar-refractivity contribution in [2.75, 3.05) is 5.32 Å². The highest BCUT2D eigenvalue weighted by Crippen LogP contribution is 2.13. The molecule has 6 heteroatoms. The van der Waals surface area contributed by atoms with Gasteiger partial charge in [-0.1, -0.05) is 36.4 Å². The maximum Gasteiger partial charge on any atom is 0.264 e. The van der Waals surface area contributed by atoms with E-state index in [9.17, 15) is 14.0 Å². The molecule has 0 saturated carbocycles. The summed E-state index contributed by atoms with van der Waals surface area (Å²) in [6.07, 6.45) is 1.20. The largest absolute Gasteiger partial charge is 0.322 e. The van der Waals surface area contributed by atoms with Gasteiger partial charge in [-0.25, -0.2) is 9.37 Å². The molecule has 0 aliphatic carbocycles. The Bertz CT molecular complexity index is 907. The van der Waals surface area contributed by atoms with E-state index < -0.39 is 17.3 Å². The standard InChI is InChI=1S/C17H12FN3O2/c18-12-7-4-8-13(9-12)20-16(22)14-10-19-15(21-17(14)23)11-5-2-1-3-6-11/h1-10H,(H,20,22)(H,19,21,23). The summed E-state index contributed by atoms with van der Waals surface area (Å²) in [7, 11) is 0. The molecule has 1 aromatic heterocycles. The summed E-state index contributed by atoms with van der Waals surface area (Å²) in [6.45, 7) is 0. The quantitative estimate of drug-likeness (QED) is 0.781. The predicted octanol–water partition coefficient (Wildman–Crippen LogP) is 2.83. The highest BCUT2D eigenvalue weighted by atomic mass is 19.1. The highest BCUT2D eigenvalue weighted by Gasteiger charge is 2.13. The van der Waals surface area contributed by atoms with Gasteiger partial charge < -0.3 is 10.3 Å². The molecule has 0 aliphatic rings. The second kappa shape index (κ2) is 6.23. The lowest BCUT2D eigenvalue weighted by Gasteiger charge is -2.05. The molecule has 0 radical (unpaired) electrons. The molecule has 1 amide bonds. The molecule has 0 saturated heterocycles. The first-order valence-electron chi connectivity index (χ1n) is 6.85. The number of aromatic nitrogens is 2. The lowest BCUT2D eigenvalue weighted by Crippen LogP contribution is -2.24. The van der Waals surface area contributed by atoms with Crippen LogP contribution in [-0.4, -0.2) is 15.9 Å². The number of nitrogens with zero attached hydrogens (tertiary/aromatic N) is 1. The van der Waals surface area contributed by atoms with E-state index in [0.29, 0.717) is 5.82 Å². The highest BCUT2D eigenvalue weighted by molar-refractivity contribution is 6.03. The SMILES string of the molecule is O=C(Nc1cccc(F)c1)c1cnc(-c2ccccc2)[nH]c1=O. The van der Waals surface area contributed by atoms with E-state index >= 15 is 0 Å². The van der Waals surface area contributed by atoms with Gasteiger partial charge in [-0.3, -0.25) is 9.59 Å². The smallest absolute Gasteiger partial charge is 0.264 e. The predicted molar refractivity (Wildman–Crippen MR) is 84.6 cm³/mol. The Morgan fingerprint density at radius 3 is 2.57 bits per heavy atom. The van der Waals surface area contributed by atoms with Crippen LogP contribution in [0.15, 0.2) is 65.6 Å². The number of H-pyrrole nitrogens is 1. The number of aromatic amines is 1. The first-order valence-corrected chi connectivity index (χ1v) is 6.85. The second-order valence-corrected chi connectivity index (χ2v) is 4.81. The fourth-order valence-electron chi connectivity index (χ4n) is 2.06. The van der Waals surface area contributed by atoms with Crippen molar-refractivity contribution in [1.29, 1.82) is 0 Å². The van der Waals surface area contributed by atoms with Crippen molar-refractivity contribution in [1.82, 2.24) is 9.97 Å². The summed E-state index contributed by atoms with van der Waals surface area (Å²) in [6, 6.07) is 14.5. The minimum absolute atomic E-state index is 0.144. The molecule has 1 heterocycles. The van der Waals surface area contributed by atoms with Gasteiger partial charge in [-0.2, -0.15) is 0 Å². The number of halogens is 1. The van der Waals surface area contributed by atoms with Crippen molar-refractivity contribution in [3.05, 3.63) is 82.5 Å². The van der Waals surface area contributed by atoms with Crippen LogP contribution in [0.3, 0.4) is 0 Å². The Balaban J connectivity index is 1.86. The number of anilines is 1. The Kier molecular flexibility index (Phi) is 3.97. The van der Waals surface area contributed by atoms with Gasteiger partial charge >= 0.3 is 0 Å². The normalized spacial score (nSPS) is 10.3. The van der Waals surface area contributed by atoms with Crippen LogP contribution < -0.4 is 10.9 Å². The van der Waals surface area contributed by atoms with Crippen molar-refractivity contribution in [3.8, 4) is 11.4 Å². The van der Waals surface area contributed by atoms with Gasteiger partial charge in [0.05, 0.1) is 0 Å². The van der Waals surface area contributed by atoms with Gasteiger partial charge in [0.2, 0.25) is 0 Å². The van der Waals surface area contributed by atoms with Crippen LogP contribution in [0.25, 0.3) is 11.4 Å². The van der Waals surface area contributed by atoms with E-state index in [1.807, 2.05) is 18.2 Å². The number of rotatable bonds is 3. The number of nitrogens with one attached hydrogen (secondary N) is 2. The first-order chi connectivity index (χ1) is 11.1. The summed E-state index contributed by atoms with van der Waals surface area (Å²) < 4.78 is 13.1. The van der Waals surface area contributed by atoms with Crippen LogP contribution in [0.5, 0.6) is 0 Å². The van der Waals surface area contributed by atoms with E-state index in [-0.39, 0.29) is 11.3 Å². The first kappa shape index (κ1) is 14.6. The molecule has 0 aliphatic heterocycles. The molecule has 0 fully saturated rings. The van der Waals surface area contributed by atoms with Gasteiger partial charge in [0.25, 0.3) is 11.5 Å². The molecule has 3 aromatic rings. The Morgan fingerprint density at radius 2 is 1.87 bits per heavy atom. The molecule has 3 rings (SSSR count). The van der Waals surface area contributed by atoms with Crippen LogP contribution in [-0.2, 0) is 0 Å². The molecule has 0 spiro atoms. The average molecular weight is 309 g/mol. The van der Waals surface area contributed by atoms with Crippen LogP contribution in [0.1, 0.15) is 10.4 Å². The molecule has 2 N–H and O–H groups in total. The molecule has 0 atom stereocenters. The molecule has 114 valence electrons. The minimum Gasteiger partial charge on any atom is -0.322 e. The molecular weight excluding hydrogens is 297 g/mol. The third-order valence-corrected chi connectivity index (χ3v) is 3.17. The van der Waals surface area contributed by atoms with Gasteiger partial charge in [-0.15, -0.1) is 0 Å². The van der Waals surface area contributed by atoms with Crippen LogP contribution in [0, 0.1) is 5.82 Å². The summed E-state index contributed by atoms with van der Waals surface area (Å²) in [5.74, 6) is -0.754. The monoisotopic (exact) mass is 309 g/mol. The lowest BCUT2D eigenvalue weighted by molar-refractivity contribution is 0.102. The van der Waals surface area contributed by atoms with E-state index in [1.54, 1.807) is 12.1 Å². The maximum atomic E-state index is 13.1. The minimum atomic E-state index is -0.649. The van der Waals surface area contributed by atoms with Crippen molar-refractivity contribution in [2.24, 2.45) is 0 Å². The zero-order valence-electron chi connectivity index (χ0n) is 11.9. The van der Waals surface area contributed by atoms with Gasteiger partial charge in [0.15, 0.2) is 0 Å². The number of hydrogen-bond donors (Lipinski definition) is 2. The zero-order valence-corrected chi connectivity index (χ0v) is 11.9. The van der Waals surface area contributed by atoms with Crippen LogP contribution in [0.4, 0.5) is 10.1 Å². The van der Waals surface area contributed by atoms with E-state index in [1.165, 1.54) is 24.4 Å². The third-order valence-electron chi connectivity index (χ3n) is 3.17. The molecule has 0 unspecified atom stereocenters. The zero-order chi connectivity index (χ0) is 16.2. The molecule has 23 heavy (non-hydrogen) atoms. The number of carbonyl (C=O) groups excluding carboxylic acids is 1.